The number of amides is 1. The number of likely N-dealkylation sites (N-methyl/N-ethyl adjacent to an activating group) is 1. The first-order valence-electron chi connectivity index (χ1n) is 4.99. The summed E-state index contributed by atoms with van der Waals surface area (Å²) >= 11 is 5.80. The van der Waals surface area contributed by atoms with Crippen molar-refractivity contribution in [3.63, 3.8) is 0 Å². The molecule has 0 bridgehead atoms. The third kappa shape index (κ3) is 3.79. The summed E-state index contributed by atoms with van der Waals surface area (Å²) in [6.45, 7) is 1.19. The zero-order valence-corrected chi connectivity index (χ0v) is 9.77. The fraction of sp³-hybridized carbons (Fsp3) is 0.364. The Kier molecular flexibility index (Phi) is 5.22. The maximum atomic E-state index is 13.3. The Balaban J connectivity index is 2.56. The summed E-state index contributed by atoms with van der Waals surface area (Å²) < 4.78 is 13.3. The first-order chi connectivity index (χ1) is 7.65. The number of rotatable bonds is 5. The van der Waals surface area contributed by atoms with Gasteiger partial charge in [-0.05, 0) is 19.2 Å². The molecule has 0 radical (unpaired) electrons. The number of nitrogens with one attached hydrogen (secondary N) is 2. The smallest absolute Gasteiger partial charge is 0.224 e. The van der Waals surface area contributed by atoms with Gasteiger partial charge in [0.1, 0.15) is 5.82 Å². The highest BCUT2D eigenvalue weighted by Gasteiger charge is 2.10. The summed E-state index contributed by atoms with van der Waals surface area (Å²) in [7, 11) is 1.79. The largest absolute Gasteiger partial charge is 0.355 e. The highest BCUT2D eigenvalue weighted by molar-refractivity contribution is 6.31. The van der Waals surface area contributed by atoms with Crippen LogP contribution < -0.4 is 10.6 Å². The topological polar surface area (TPSA) is 41.1 Å². The van der Waals surface area contributed by atoms with Gasteiger partial charge in [0.25, 0.3) is 0 Å². The number of hydrogen-bond acceptors (Lipinski definition) is 2. The standard InChI is InChI=1S/C11H14ClFN2O/c1-14-5-6-15-11(16)7-8-9(12)3-2-4-10(8)13/h2-4,14H,5-7H2,1H3,(H,15,16). The van der Waals surface area contributed by atoms with E-state index in [-0.39, 0.29) is 22.9 Å². The number of carbonyl (C=O) groups excluding carboxylic acids is 1. The van der Waals surface area contributed by atoms with Crippen LogP contribution in [0.25, 0.3) is 0 Å². The van der Waals surface area contributed by atoms with Crippen LogP contribution in [0.2, 0.25) is 5.02 Å². The third-order valence-electron chi connectivity index (χ3n) is 2.10. The van der Waals surface area contributed by atoms with Gasteiger partial charge in [-0.3, -0.25) is 4.79 Å². The third-order valence-corrected chi connectivity index (χ3v) is 2.45. The molecule has 0 saturated heterocycles. The lowest BCUT2D eigenvalue weighted by Crippen LogP contribution is -2.31. The lowest BCUT2D eigenvalue weighted by molar-refractivity contribution is -0.120. The van der Waals surface area contributed by atoms with E-state index in [0.717, 1.165) is 0 Å². The Labute approximate surface area is 99.0 Å². The monoisotopic (exact) mass is 244 g/mol. The molecule has 5 heteroatoms. The van der Waals surface area contributed by atoms with Crippen LogP contribution >= 0.6 is 11.6 Å². The zero-order chi connectivity index (χ0) is 12.0. The number of carbonyl (C=O) groups is 1. The van der Waals surface area contributed by atoms with Crippen molar-refractivity contribution in [1.29, 1.82) is 0 Å². The van der Waals surface area contributed by atoms with Crippen molar-refractivity contribution in [3.8, 4) is 0 Å². The molecule has 1 amide bonds. The Bertz CT molecular complexity index is 351. The predicted octanol–water partition coefficient (Wildman–Crippen LogP) is 1.36. The fourth-order valence-corrected chi connectivity index (χ4v) is 1.48. The van der Waals surface area contributed by atoms with Crippen LogP contribution in [0.15, 0.2) is 18.2 Å². The summed E-state index contributed by atoms with van der Waals surface area (Å²) in [6, 6.07) is 4.38. The van der Waals surface area contributed by atoms with Crippen LogP contribution in [-0.2, 0) is 11.2 Å². The van der Waals surface area contributed by atoms with E-state index in [1.54, 1.807) is 13.1 Å². The second kappa shape index (κ2) is 6.45. The van der Waals surface area contributed by atoms with Gasteiger partial charge in [-0.25, -0.2) is 4.39 Å². The minimum absolute atomic E-state index is 0.0325. The number of halogens is 2. The highest BCUT2D eigenvalue weighted by atomic mass is 35.5. The van der Waals surface area contributed by atoms with Gasteiger partial charge in [-0.2, -0.15) is 0 Å². The van der Waals surface area contributed by atoms with Crippen LogP contribution in [0.3, 0.4) is 0 Å². The minimum Gasteiger partial charge on any atom is -0.355 e. The van der Waals surface area contributed by atoms with Gasteiger partial charge in [-0.15, -0.1) is 0 Å². The van der Waals surface area contributed by atoms with E-state index < -0.39 is 5.82 Å². The molecule has 1 aromatic rings. The van der Waals surface area contributed by atoms with E-state index in [1.165, 1.54) is 12.1 Å². The first kappa shape index (κ1) is 12.9. The summed E-state index contributed by atoms with van der Waals surface area (Å²) in [5, 5.41) is 5.84. The molecule has 0 aliphatic heterocycles. The SMILES string of the molecule is CNCCNC(=O)Cc1c(F)cccc1Cl. The van der Waals surface area contributed by atoms with Crippen LogP contribution in [0.5, 0.6) is 0 Å². The van der Waals surface area contributed by atoms with Crippen molar-refractivity contribution in [2.75, 3.05) is 20.1 Å². The molecule has 1 rings (SSSR count). The second-order valence-electron chi connectivity index (χ2n) is 3.33. The average Bonchev–Trinajstić information content (AvgIpc) is 2.24. The summed E-state index contributed by atoms with van der Waals surface area (Å²) in [4.78, 5) is 11.4. The number of benzene rings is 1. The molecular weight excluding hydrogens is 231 g/mol. The van der Waals surface area contributed by atoms with E-state index in [0.29, 0.717) is 13.1 Å². The summed E-state index contributed by atoms with van der Waals surface area (Å²) in [5.74, 6) is -0.682. The quantitative estimate of drug-likeness (QED) is 0.768. The van der Waals surface area contributed by atoms with E-state index in [2.05, 4.69) is 10.6 Å². The normalized spacial score (nSPS) is 10.2. The van der Waals surface area contributed by atoms with Gasteiger partial charge in [0.15, 0.2) is 0 Å². The summed E-state index contributed by atoms with van der Waals surface area (Å²) in [6.07, 6.45) is -0.0325. The molecule has 0 heterocycles. The zero-order valence-electron chi connectivity index (χ0n) is 9.02. The van der Waals surface area contributed by atoms with E-state index in [9.17, 15) is 9.18 Å². The molecule has 2 N–H and O–H groups in total. The molecule has 0 saturated carbocycles. The lowest BCUT2D eigenvalue weighted by Gasteiger charge is -2.07. The average molecular weight is 245 g/mol. The number of hydrogen-bond donors (Lipinski definition) is 2. The van der Waals surface area contributed by atoms with Gasteiger partial charge in [0, 0.05) is 23.7 Å². The van der Waals surface area contributed by atoms with Crippen molar-refractivity contribution in [2.24, 2.45) is 0 Å². The molecule has 0 spiro atoms. The van der Waals surface area contributed by atoms with Gasteiger partial charge >= 0.3 is 0 Å². The van der Waals surface area contributed by atoms with Gasteiger partial charge < -0.3 is 10.6 Å². The Hall–Kier alpha value is -1.13. The first-order valence-corrected chi connectivity index (χ1v) is 5.37. The van der Waals surface area contributed by atoms with Crippen LogP contribution in [0.4, 0.5) is 4.39 Å². The second-order valence-corrected chi connectivity index (χ2v) is 3.74. The minimum atomic E-state index is -0.448. The molecule has 3 nitrogen and oxygen atoms in total. The van der Waals surface area contributed by atoms with Crippen LogP contribution in [-0.4, -0.2) is 26.0 Å². The van der Waals surface area contributed by atoms with Crippen molar-refractivity contribution >= 4 is 17.5 Å². The van der Waals surface area contributed by atoms with E-state index in [4.69, 9.17) is 11.6 Å². The molecule has 0 aliphatic carbocycles. The van der Waals surface area contributed by atoms with Gasteiger partial charge in [0.2, 0.25) is 5.91 Å². The fourth-order valence-electron chi connectivity index (χ4n) is 1.25. The van der Waals surface area contributed by atoms with Crippen LogP contribution in [0, 0.1) is 5.82 Å². The summed E-state index contributed by atoms with van der Waals surface area (Å²) in [5.41, 5.74) is 0.242. The van der Waals surface area contributed by atoms with Crippen molar-refractivity contribution in [1.82, 2.24) is 10.6 Å². The maximum Gasteiger partial charge on any atom is 0.224 e. The van der Waals surface area contributed by atoms with E-state index in [1.807, 2.05) is 0 Å². The highest BCUT2D eigenvalue weighted by Crippen LogP contribution is 2.19. The molecule has 0 atom stereocenters. The maximum absolute atomic E-state index is 13.3. The molecule has 1 aromatic carbocycles. The molecule has 16 heavy (non-hydrogen) atoms. The molecule has 0 fully saturated rings. The lowest BCUT2D eigenvalue weighted by atomic mass is 10.1. The van der Waals surface area contributed by atoms with Crippen LogP contribution in [0.1, 0.15) is 5.56 Å². The Morgan fingerprint density at radius 1 is 1.44 bits per heavy atom. The van der Waals surface area contributed by atoms with Crippen molar-refractivity contribution in [3.05, 3.63) is 34.6 Å². The Morgan fingerprint density at radius 3 is 2.81 bits per heavy atom. The van der Waals surface area contributed by atoms with Gasteiger partial charge in [0.05, 0.1) is 6.42 Å². The molecule has 0 aliphatic rings. The molecule has 88 valence electrons. The van der Waals surface area contributed by atoms with Gasteiger partial charge in [-0.1, -0.05) is 17.7 Å². The van der Waals surface area contributed by atoms with Crippen molar-refractivity contribution in [2.45, 2.75) is 6.42 Å². The molecular formula is C11H14ClFN2O. The predicted molar refractivity (Wildman–Crippen MR) is 62.1 cm³/mol. The Morgan fingerprint density at radius 2 is 2.19 bits per heavy atom. The van der Waals surface area contributed by atoms with E-state index >= 15 is 0 Å². The molecule has 0 unspecified atom stereocenters. The van der Waals surface area contributed by atoms with Crippen molar-refractivity contribution < 1.29 is 9.18 Å². The molecule has 0 aromatic heterocycles.